The molecule has 3 nitrogen and oxygen atoms in total. The highest BCUT2D eigenvalue weighted by Crippen LogP contribution is 2.18. The van der Waals surface area contributed by atoms with Crippen LogP contribution in [0.4, 0.5) is 0 Å². The van der Waals surface area contributed by atoms with Gasteiger partial charge in [0.1, 0.15) is 5.75 Å². The summed E-state index contributed by atoms with van der Waals surface area (Å²) in [6.07, 6.45) is 1.12. The maximum Gasteiger partial charge on any atom is 0.123 e. The van der Waals surface area contributed by atoms with Gasteiger partial charge < -0.3 is 15.0 Å². The van der Waals surface area contributed by atoms with E-state index in [-0.39, 0.29) is 0 Å². The van der Waals surface area contributed by atoms with E-state index in [1.807, 2.05) is 23.5 Å². The number of hydrogen-bond donors (Lipinski definition) is 1. The minimum atomic E-state index is 0.913. The molecule has 0 saturated carbocycles. The van der Waals surface area contributed by atoms with Crippen molar-refractivity contribution in [3.8, 4) is 5.75 Å². The normalized spacial score (nSPS) is 11.0. The molecule has 4 heteroatoms. The zero-order valence-corrected chi connectivity index (χ0v) is 13.7. The molecule has 1 aromatic heterocycles. The number of benzene rings is 1. The average Bonchev–Trinajstić information content (AvgIpc) is 3.01. The summed E-state index contributed by atoms with van der Waals surface area (Å²) >= 11 is 1.83. The van der Waals surface area contributed by atoms with Gasteiger partial charge in [-0.2, -0.15) is 0 Å². The third-order valence-electron chi connectivity index (χ3n) is 3.43. The van der Waals surface area contributed by atoms with Crippen molar-refractivity contribution in [3.05, 3.63) is 52.2 Å². The molecule has 114 valence electrons. The van der Waals surface area contributed by atoms with Crippen LogP contribution >= 0.6 is 11.3 Å². The number of methoxy groups -OCH3 is 1. The quantitative estimate of drug-likeness (QED) is 0.721. The number of hydrogen-bond acceptors (Lipinski definition) is 4. The van der Waals surface area contributed by atoms with E-state index in [4.69, 9.17) is 4.74 Å². The molecule has 0 fully saturated rings. The predicted octanol–water partition coefficient (Wildman–Crippen LogP) is 3.02. The molecule has 0 aliphatic rings. The number of nitrogens with one attached hydrogen (secondary N) is 1. The van der Waals surface area contributed by atoms with Gasteiger partial charge in [-0.3, -0.25) is 0 Å². The Morgan fingerprint density at radius 3 is 2.76 bits per heavy atom. The molecule has 0 radical (unpaired) electrons. The highest BCUT2D eigenvalue weighted by Gasteiger charge is 2.05. The molecular weight excluding hydrogens is 280 g/mol. The Bertz CT molecular complexity index is 513. The third-order valence-corrected chi connectivity index (χ3v) is 4.37. The van der Waals surface area contributed by atoms with Crippen molar-refractivity contribution in [3.63, 3.8) is 0 Å². The largest absolute Gasteiger partial charge is 0.496 e. The molecule has 0 unspecified atom stereocenters. The van der Waals surface area contributed by atoms with Crippen LogP contribution in [-0.2, 0) is 13.0 Å². The number of para-hydroxylation sites is 1. The Kier molecular flexibility index (Phi) is 6.73. The van der Waals surface area contributed by atoms with E-state index in [2.05, 4.69) is 46.9 Å². The molecule has 1 aromatic carbocycles. The van der Waals surface area contributed by atoms with Gasteiger partial charge in [-0.05, 0) is 31.0 Å². The molecular formula is C17H24N2OS. The van der Waals surface area contributed by atoms with E-state index >= 15 is 0 Å². The first-order valence-corrected chi connectivity index (χ1v) is 8.21. The Balaban J connectivity index is 1.64. The van der Waals surface area contributed by atoms with Crippen LogP contribution in [0, 0.1) is 0 Å². The summed E-state index contributed by atoms with van der Waals surface area (Å²) in [5.74, 6) is 0.968. The Hall–Kier alpha value is -1.36. The average molecular weight is 304 g/mol. The van der Waals surface area contributed by atoms with Crippen LogP contribution in [0.2, 0.25) is 0 Å². The fourth-order valence-electron chi connectivity index (χ4n) is 2.26. The lowest BCUT2D eigenvalue weighted by Crippen LogP contribution is -2.30. The maximum absolute atomic E-state index is 5.39. The summed E-state index contributed by atoms with van der Waals surface area (Å²) < 4.78 is 5.39. The van der Waals surface area contributed by atoms with Crippen LogP contribution in [0.1, 0.15) is 10.4 Å². The summed E-state index contributed by atoms with van der Waals surface area (Å²) in [5.41, 5.74) is 1.24. The molecule has 0 amide bonds. The van der Waals surface area contributed by atoms with Gasteiger partial charge in [0, 0.05) is 36.6 Å². The molecule has 0 spiro atoms. The van der Waals surface area contributed by atoms with Gasteiger partial charge in [0.2, 0.25) is 0 Å². The van der Waals surface area contributed by atoms with Crippen LogP contribution in [0.5, 0.6) is 5.75 Å². The smallest absolute Gasteiger partial charge is 0.123 e. The van der Waals surface area contributed by atoms with Gasteiger partial charge in [0.15, 0.2) is 0 Å². The van der Waals surface area contributed by atoms with Crippen molar-refractivity contribution in [2.75, 3.05) is 33.8 Å². The topological polar surface area (TPSA) is 24.5 Å². The number of thiophene rings is 1. The standard InChI is InChI=1S/C17H24N2OS/c1-19(14-15-6-3-4-8-17(15)20-2)12-11-18-10-9-16-7-5-13-21-16/h3-8,13,18H,9-12,14H2,1-2H3. The molecule has 0 aliphatic heterocycles. The highest BCUT2D eigenvalue weighted by atomic mass is 32.1. The van der Waals surface area contributed by atoms with E-state index in [9.17, 15) is 0 Å². The zero-order chi connectivity index (χ0) is 14.9. The van der Waals surface area contributed by atoms with Gasteiger partial charge in [-0.25, -0.2) is 0 Å². The van der Waals surface area contributed by atoms with Crippen LogP contribution in [0.15, 0.2) is 41.8 Å². The van der Waals surface area contributed by atoms with E-state index in [1.54, 1.807) is 7.11 Å². The first-order valence-electron chi connectivity index (χ1n) is 7.33. The molecule has 21 heavy (non-hydrogen) atoms. The zero-order valence-electron chi connectivity index (χ0n) is 12.8. The first-order chi connectivity index (χ1) is 10.3. The summed E-state index contributed by atoms with van der Waals surface area (Å²) in [6, 6.07) is 12.5. The SMILES string of the molecule is COc1ccccc1CN(C)CCNCCc1cccs1. The molecule has 2 rings (SSSR count). The van der Waals surface area contributed by atoms with Crippen molar-refractivity contribution in [2.24, 2.45) is 0 Å². The molecule has 0 aliphatic carbocycles. The fourth-order valence-corrected chi connectivity index (χ4v) is 2.97. The number of ether oxygens (including phenoxy) is 1. The summed E-state index contributed by atoms with van der Waals surface area (Å²) in [6.45, 7) is 4.00. The molecule has 1 heterocycles. The van der Waals surface area contributed by atoms with Gasteiger partial charge in [0.25, 0.3) is 0 Å². The van der Waals surface area contributed by atoms with Gasteiger partial charge >= 0.3 is 0 Å². The minimum absolute atomic E-state index is 0.913. The maximum atomic E-state index is 5.39. The molecule has 0 saturated heterocycles. The highest BCUT2D eigenvalue weighted by molar-refractivity contribution is 7.09. The van der Waals surface area contributed by atoms with E-state index in [0.717, 1.165) is 38.3 Å². The van der Waals surface area contributed by atoms with Crippen LogP contribution in [0.25, 0.3) is 0 Å². The summed E-state index contributed by atoms with van der Waals surface area (Å²) in [5, 5.41) is 5.64. The minimum Gasteiger partial charge on any atom is -0.496 e. The number of rotatable bonds is 9. The lowest BCUT2D eigenvalue weighted by molar-refractivity contribution is 0.316. The second kappa shape index (κ2) is 8.82. The second-order valence-corrected chi connectivity index (χ2v) is 6.16. The van der Waals surface area contributed by atoms with Gasteiger partial charge in [0.05, 0.1) is 7.11 Å². The van der Waals surface area contributed by atoms with E-state index in [1.165, 1.54) is 10.4 Å². The van der Waals surface area contributed by atoms with Crippen molar-refractivity contribution in [1.82, 2.24) is 10.2 Å². The van der Waals surface area contributed by atoms with Gasteiger partial charge in [-0.15, -0.1) is 11.3 Å². The van der Waals surface area contributed by atoms with Crippen molar-refractivity contribution < 1.29 is 4.74 Å². The van der Waals surface area contributed by atoms with Crippen molar-refractivity contribution in [2.45, 2.75) is 13.0 Å². The molecule has 1 N–H and O–H groups in total. The number of nitrogens with zero attached hydrogens (tertiary/aromatic N) is 1. The molecule has 0 atom stereocenters. The van der Waals surface area contributed by atoms with Crippen LogP contribution in [-0.4, -0.2) is 38.7 Å². The van der Waals surface area contributed by atoms with Crippen LogP contribution < -0.4 is 10.1 Å². The summed E-state index contributed by atoms with van der Waals surface area (Å²) in [4.78, 5) is 3.76. The van der Waals surface area contributed by atoms with Crippen molar-refractivity contribution >= 4 is 11.3 Å². The summed E-state index contributed by atoms with van der Waals surface area (Å²) in [7, 11) is 3.87. The van der Waals surface area contributed by atoms with Crippen molar-refractivity contribution in [1.29, 1.82) is 0 Å². The third kappa shape index (κ3) is 5.50. The Morgan fingerprint density at radius 2 is 2.00 bits per heavy atom. The van der Waals surface area contributed by atoms with E-state index < -0.39 is 0 Å². The van der Waals surface area contributed by atoms with Crippen LogP contribution in [0.3, 0.4) is 0 Å². The molecule has 2 aromatic rings. The molecule has 0 bridgehead atoms. The monoisotopic (exact) mass is 304 g/mol. The van der Waals surface area contributed by atoms with Gasteiger partial charge in [-0.1, -0.05) is 24.3 Å². The Morgan fingerprint density at radius 1 is 1.14 bits per heavy atom. The Labute approximate surface area is 131 Å². The fraction of sp³-hybridized carbons (Fsp3) is 0.412. The number of likely N-dealkylation sites (N-methyl/N-ethyl adjacent to an activating group) is 1. The first kappa shape index (κ1) is 16.0. The second-order valence-electron chi connectivity index (χ2n) is 5.13. The lowest BCUT2D eigenvalue weighted by atomic mass is 10.2. The van der Waals surface area contributed by atoms with E-state index in [0.29, 0.717) is 0 Å². The lowest BCUT2D eigenvalue weighted by Gasteiger charge is -2.18. The predicted molar refractivity (Wildman–Crippen MR) is 90.2 cm³/mol.